The normalized spacial score (nSPS) is 10.9. The first kappa shape index (κ1) is 6.36. The van der Waals surface area contributed by atoms with Crippen LogP contribution in [0.15, 0.2) is 11.8 Å². The molecule has 0 spiro atoms. The Morgan fingerprint density at radius 3 is 2.57 bits per heavy atom. The van der Waals surface area contributed by atoms with Gasteiger partial charge in [-0.1, -0.05) is 6.82 Å². The molecule has 0 aromatic heterocycles. The van der Waals surface area contributed by atoms with Crippen molar-refractivity contribution in [1.29, 1.82) is 0 Å². The van der Waals surface area contributed by atoms with Gasteiger partial charge in [-0.05, 0) is 5.60 Å². The quantitative estimate of drug-likeness (QED) is 0.235. The Balaban J connectivity index is 3.29. The van der Waals surface area contributed by atoms with Crippen LogP contribution >= 0.6 is 0 Å². The average Bonchev–Trinajstić information content (AvgIpc) is 1.68. The van der Waals surface area contributed by atoms with E-state index < -0.39 is 0 Å². The molecule has 0 aliphatic heterocycles. The second-order valence-corrected chi connectivity index (χ2v) is 1.10. The van der Waals surface area contributed by atoms with Gasteiger partial charge in [-0.2, -0.15) is 0 Å². The monoisotopic (exact) mass is 98.1 g/mol. The van der Waals surface area contributed by atoms with E-state index >= 15 is 0 Å². The third-order valence-corrected chi connectivity index (χ3v) is 0.583. The number of hydrogen-bond donors (Lipinski definition) is 3. The van der Waals surface area contributed by atoms with E-state index in [1.54, 1.807) is 7.28 Å². The van der Waals surface area contributed by atoms with Gasteiger partial charge in [-0.3, -0.25) is 5.84 Å². The summed E-state index contributed by atoms with van der Waals surface area (Å²) in [6.45, 7) is 1.84. The van der Waals surface area contributed by atoms with E-state index in [-0.39, 0.29) is 0 Å². The molecule has 7 heavy (non-hydrogen) atoms. The highest BCUT2D eigenvalue weighted by molar-refractivity contribution is 6.43. The van der Waals surface area contributed by atoms with Crippen LogP contribution in [0.5, 0.6) is 0 Å². The van der Waals surface area contributed by atoms with Crippen molar-refractivity contribution in [2.75, 3.05) is 0 Å². The molecule has 0 fully saturated rings. The van der Waals surface area contributed by atoms with Gasteiger partial charge in [0.15, 0.2) is 7.28 Å². The number of nitrogens with two attached hydrogens (primary N) is 2. The summed E-state index contributed by atoms with van der Waals surface area (Å²) in [6.07, 6.45) is 1.51. The molecule has 3 nitrogen and oxygen atoms in total. The van der Waals surface area contributed by atoms with Crippen LogP contribution < -0.4 is 17.0 Å². The minimum Gasteiger partial charge on any atom is -0.409 e. The Hall–Kier alpha value is -0.635. The van der Waals surface area contributed by atoms with Crippen molar-refractivity contribution in [3.05, 3.63) is 11.8 Å². The molecule has 39 valence electrons. The fraction of sp³-hybridized carbons (Fsp3) is 0.333. The third-order valence-electron chi connectivity index (χ3n) is 0.583. The summed E-state index contributed by atoms with van der Waals surface area (Å²) < 4.78 is 0. The Kier molecular flexibility index (Phi) is 3.23. The van der Waals surface area contributed by atoms with Crippen molar-refractivity contribution in [2.45, 2.75) is 6.82 Å². The maximum Gasteiger partial charge on any atom is 0.172 e. The Labute approximate surface area is 44.0 Å². The average molecular weight is 97.9 g/mol. The lowest BCUT2D eigenvalue weighted by atomic mass is 9.79. The third kappa shape index (κ3) is 3.19. The van der Waals surface area contributed by atoms with Gasteiger partial charge in [-0.25, -0.2) is 0 Å². The highest BCUT2D eigenvalue weighted by atomic mass is 15.2. The van der Waals surface area contributed by atoms with Gasteiger partial charge in [-0.15, -0.1) is 0 Å². The van der Waals surface area contributed by atoms with E-state index in [4.69, 9.17) is 11.6 Å². The molecule has 0 saturated heterocycles. The van der Waals surface area contributed by atoms with Gasteiger partial charge in [0.05, 0.1) is 0 Å². The standard InChI is InChI=1S/C3H9BN3/c1-4-3(5)2-7-6/h2,7H,5-6H2,1H3/b3-2-. The summed E-state index contributed by atoms with van der Waals surface area (Å²) in [5, 5.41) is 0. The van der Waals surface area contributed by atoms with Gasteiger partial charge >= 0.3 is 0 Å². The second-order valence-electron chi connectivity index (χ2n) is 1.10. The van der Waals surface area contributed by atoms with Crippen LogP contribution in [-0.4, -0.2) is 7.28 Å². The molecule has 0 aromatic carbocycles. The van der Waals surface area contributed by atoms with E-state index in [1.807, 2.05) is 6.82 Å². The molecule has 0 rings (SSSR count). The predicted octanol–water partition coefficient (Wildman–Crippen LogP) is -1.04. The molecule has 4 heteroatoms. The summed E-state index contributed by atoms with van der Waals surface area (Å²) in [5.74, 6) is 4.88. The van der Waals surface area contributed by atoms with Crippen molar-refractivity contribution < 1.29 is 0 Å². The zero-order valence-electron chi connectivity index (χ0n) is 4.31. The maximum atomic E-state index is 5.25. The smallest absolute Gasteiger partial charge is 0.172 e. The molecule has 1 radical (unpaired) electrons. The number of rotatable bonds is 2. The Bertz CT molecular complexity index is 70.6. The molecular weight excluding hydrogens is 88.9 g/mol. The SMILES string of the molecule is C[B]/C(N)=C/NN. The van der Waals surface area contributed by atoms with Crippen LogP contribution in [0.4, 0.5) is 0 Å². The molecular formula is C3H9BN3. The van der Waals surface area contributed by atoms with Crippen molar-refractivity contribution in [2.24, 2.45) is 11.6 Å². The lowest BCUT2D eigenvalue weighted by Crippen LogP contribution is -2.18. The highest BCUT2D eigenvalue weighted by Crippen LogP contribution is 1.71. The minimum atomic E-state index is 0.641. The molecule has 0 bridgehead atoms. The van der Waals surface area contributed by atoms with Crippen molar-refractivity contribution in [1.82, 2.24) is 5.43 Å². The van der Waals surface area contributed by atoms with Gasteiger partial charge in [0, 0.05) is 6.20 Å². The Morgan fingerprint density at radius 1 is 1.86 bits per heavy atom. The van der Waals surface area contributed by atoms with Gasteiger partial charge < -0.3 is 11.2 Å². The first-order valence-corrected chi connectivity index (χ1v) is 2.02. The van der Waals surface area contributed by atoms with Crippen LogP contribution in [0.1, 0.15) is 0 Å². The lowest BCUT2D eigenvalue weighted by molar-refractivity contribution is 0.959. The predicted molar refractivity (Wildman–Crippen MR) is 31.2 cm³/mol. The molecule has 0 aromatic rings. The van der Waals surface area contributed by atoms with Crippen molar-refractivity contribution in [3.63, 3.8) is 0 Å². The summed E-state index contributed by atoms with van der Waals surface area (Å²) in [7, 11) is 1.75. The molecule has 0 unspecified atom stereocenters. The molecule has 0 saturated carbocycles. The van der Waals surface area contributed by atoms with Gasteiger partial charge in [0.2, 0.25) is 0 Å². The second kappa shape index (κ2) is 3.55. The van der Waals surface area contributed by atoms with Crippen molar-refractivity contribution in [3.8, 4) is 0 Å². The molecule has 0 amide bonds. The van der Waals surface area contributed by atoms with Crippen molar-refractivity contribution >= 4 is 7.28 Å². The number of hydrazine groups is 1. The molecule has 0 heterocycles. The zero-order chi connectivity index (χ0) is 5.70. The lowest BCUT2D eigenvalue weighted by Gasteiger charge is -1.90. The molecule has 0 aliphatic rings. The summed E-state index contributed by atoms with van der Waals surface area (Å²) >= 11 is 0. The zero-order valence-corrected chi connectivity index (χ0v) is 4.31. The van der Waals surface area contributed by atoms with Crippen LogP contribution in [0, 0.1) is 0 Å². The van der Waals surface area contributed by atoms with Gasteiger partial charge in [0.25, 0.3) is 0 Å². The number of hydrogen-bond acceptors (Lipinski definition) is 3. The van der Waals surface area contributed by atoms with E-state index in [0.29, 0.717) is 5.60 Å². The van der Waals surface area contributed by atoms with Crippen LogP contribution in [0.25, 0.3) is 0 Å². The largest absolute Gasteiger partial charge is 0.409 e. The summed E-state index contributed by atoms with van der Waals surface area (Å²) in [5.41, 5.74) is 8.19. The summed E-state index contributed by atoms with van der Waals surface area (Å²) in [6, 6.07) is 0. The molecule has 0 aliphatic carbocycles. The van der Waals surface area contributed by atoms with E-state index in [9.17, 15) is 0 Å². The van der Waals surface area contributed by atoms with Gasteiger partial charge in [0.1, 0.15) is 0 Å². The molecule has 5 N–H and O–H groups in total. The topological polar surface area (TPSA) is 64.1 Å². The first-order valence-electron chi connectivity index (χ1n) is 2.02. The van der Waals surface area contributed by atoms with Crippen LogP contribution in [-0.2, 0) is 0 Å². The van der Waals surface area contributed by atoms with E-state index in [2.05, 4.69) is 5.43 Å². The van der Waals surface area contributed by atoms with E-state index in [1.165, 1.54) is 6.20 Å². The van der Waals surface area contributed by atoms with E-state index in [0.717, 1.165) is 0 Å². The first-order chi connectivity index (χ1) is 3.31. The minimum absolute atomic E-state index is 0.641. The van der Waals surface area contributed by atoms with Crippen LogP contribution in [0.3, 0.4) is 0 Å². The fourth-order valence-electron chi connectivity index (χ4n) is 0.180. The fourth-order valence-corrected chi connectivity index (χ4v) is 0.180. The Morgan fingerprint density at radius 2 is 2.43 bits per heavy atom. The summed E-state index contributed by atoms with van der Waals surface area (Å²) in [4.78, 5) is 0. The van der Waals surface area contributed by atoms with Crippen LogP contribution in [0.2, 0.25) is 6.82 Å². The highest BCUT2D eigenvalue weighted by Gasteiger charge is 1.79. The number of nitrogens with one attached hydrogen (secondary N) is 1. The maximum absolute atomic E-state index is 5.25. The molecule has 0 atom stereocenters.